The Hall–Kier alpha value is -1.17. The number of aliphatic hydroxyl groups is 1. The highest BCUT2D eigenvalue weighted by Gasteiger charge is 2.33. The molecule has 1 aliphatic rings. The van der Waals surface area contributed by atoms with Crippen LogP contribution in [0, 0.1) is 0 Å². The number of nitrogens with zero attached hydrogens (tertiary/aromatic N) is 2. The van der Waals surface area contributed by atoms with Crippen LogP contribution < -0.4 is 0 Å². The molecule has 1 aliphatic heterocycles. The molecule has 2 aromatic rings. The topological polar surface area (TPSA) is 54.7 Å². The Morgan fingerprint density at radius 2 is 2.32 bits per heavy atom. The van der Waals surface area contributed by atoms with Crippen LogP contribution in [-0.4, -0.2) is 34.2 Å². The number of fused-ring (bicyclic) bond motifs is 1. The second-order valence-electron chi connectivity index (χ2n) is 5.03. The van der Waals surface area contributed by atoms with Crippen LogP contribution in [-0.2, 0) is 4.74 Å². The summed E-state index contributed by atoms with van der Waals surface area (Å²) in [7, 11) is 0. The number of hydrogen-bond acceptors (Lipinski definition) is 5. The van der Waals surface area contributed by atoms with Gasteiger partial charge in [-0.25, -0.2) is 4.99 Å². The van der Waals surface area contributed by atoms with Crippen molar-refractivity contribution < 1.29 is 9.84 Å². The molecule has 4 nitrogen and oxygen atoms in total. The number of thiophene rings is 1. The van der Waals surface area contributed by atoms with Crippen molar-refractivity contribution in [3.8, 4) is 0 Å². The lowest BCUT2D eigenvalue weighted by Gasteiger charge is -2.20. The van der Waals surface area contributed by atoms with Gasteiger partial charge in [0.25, 0.3) is 0 Å². The minimum Gasteiger partial charge on any atom is -0.474 e. The molecule has 100 valence electrons. The first-order valence-electron chi connectivity index (χ1n) is 5.92. The first-order valence-corrected chi connectivity index (χ1v) is 7.12. The average Bonchev–Trinajstić information content (AvgIpc) is 2.94. The number of hydrogen-bond donors (Lipinski definition) is 1. The zero-order valence-corrected chi connectivity index (χ0v) is 12.1. The highest BCUT2D eigenvalue weighted by atomic mass is 35.5. The lowest BCUT2D eigenvalue weighted by Crippen LogP contribution is -2.35. The molecule has 1 unspecified atom stereocenters. The molecule has 19 heavy (non-hydrogen) atoms. The summed E-state index contributed by atoms with van der Waals surface area (Å²) in [6.07, 6.45) is 1.68. The number of halogens is 1. The van der Waals surface area contributed by atoms with Gasteiger partial charge in [0.15, 0.2) is 0 Å². The summed E-state index contributed by atoms with van der Waals surface area (Å²) in [6.45, 7) is 3.86. The molecule has 0 aromatic carbocycles. The molecule has 0 bridgehead atoms. The van der Waals surface area contributed by atoms with Crippen LogP contribution in [0.4, 0.5) is 0 Å². The maximum atomic E-state index is 9.95. The van der Waals surface area contributed by atoms with Gasteiger partial charge in [-0.15, -0.1) is 11.3 Å². The second-order valence-corrected chi connectivity index (χ2v) is 6.49. The minimum absolute atomic E-state index is 0.240. The van der Waals surface area contributed by atoms with Gasteiger partial charge >= 0.3 is 0 Å². The molecule has 0 saturated heterocycles. The Kier molecular flexibility index (Phi) is 3.00. The Labute approximate surface area is 119 Å². The van der Waals surface area contributed by atoms with E-state index in [0.717, 1.165) is 15.1 Å². The Bertz CT molecular complexity index is 660. The van der Waals surface area contributed by atoms with E-state index >= 15 is 0 Å². The summed E-state index contributed by atoms with van der Waals surface area (Å²) in [6, 6.07) is 3.44. The van der Waals surface area contributed by atoms with E-state index in [9.17, 15) is 5.11 Å². The monoisotopic (exact) mass is 296 g/mol. The van der Waals surface area contributed by atoms with E-state index < -0.39 is 5.60 Å². The van der Waals surface area contributed by atoms with E-state index in [2.05, 4.69) is 9.98 Å². The van der Waals surface area contributed by atoms with E-state index in [1.807, 2.05) is 6.07 Å². The SMILES string of the molecule is CC(C)(O)C1COC(c2cc3nccc(Cl)c3s2)=N1. The molecular weight excluding hydrogens is 284 g/mol. The molecule has 0 radical (unpaired) electrons. The molecule has 3 heterocycles. The second kappa shape index (κ2) is 4.44. The number of rotatable bonds is 2. The summed E-state index contributed by atoms with van der Waals surface area (Å²) in [5.41, 5.74) is -0.0422. The molecule has 0 spiro atoms. The minimum atomic E-state index is -0.881. The van der Waals surface area contributed by atoms with Crippen molar-refractivity contribution in [1.82, 2.24) is 4.98 Å². The van der Waals surface area contributed by atoms with Gasteiger partial charge in [0, 0.05) is 6.20 Å². The smallest absolute Gasteiger partial charge is 0.227 e. The van der Waals surface area contributed by atoms with Gasteiger partial charge in [0.2, 0.25) is 5.90 Å². The van der Waals surface area contributed by atoms with Crippen LogP contribution in [0.2, 0.25) is 5.02 Å². The number of aromatic nitrogens is 1. The van der Waals surface area contributed by atoms with E-state index in [1.54, 1.807) is 26.1 Å². The van der Waals surface area contributed by atoms with E-state index in [0.29, 0.717) is 17.5 Å². The van der Waals surface area contributed by atoms with E-state index in [-0.39, 0.29) is 6.04 Å². The van der Waals surface area contributed by atoms with Crippen molar-refractivity contribution in [1.29, 1.82) is 0 Å². The lowest BCUT2D eigenvalue weighted by atomic mass is 10.0. The molecule has 2 aromatic heterocycles. The summed E-state index contributed by atoms with van der Waals surface area (Å²) in [4.78, 5) is 9.60. The van der Waals surface area contributed by atoms with Crippen LogP contribution in [0.15, 0.2) is 23.3 Å². The number of aliphatic imine (C=N–C) groups is 1. The van der Waals surface area contributed by atoms with Gasteiger partial charge in [-0.1, -0.05) is 11.6 Å². The van der Waals surface area contributed by atoms with Crippen molar-refractivity contribution in [3.05, 3.63) is 28.2 Å². The predicted molar refractivity (Wildman–Crippen MR) is 77.2 cm³/mol. The van der Waals surface area contributed by atoms with Crippen molar-refractivity contribution >= 4 is 39.1 Å². The summed E-state index contributed by atoms with van der Waals surface area (Å²) in [5.74, 6) is 0.561. The molecule has 0 amide bonds. The van der Waals surface area contributed by atoms with Gasteiger partial charge in [0.1, 0.15) is 12.6 Å². The summed E-state index contributed by atoms with van der Waals surface area (Å²) >= 11 is 7.63. The fourth-order valence-corrected chi connectivity index (χ4v) is 3.12. The first kappa shape index (κ1) is 12.8. The van der Waals surface area contributed by atoms with Crippen LogP contribution >= 0.6 is 22.9 Å². The number of ether oxygens (including phenoxy) is 1. The standard InChI is InChI=1S/C13H13ClN2O2S/c1-13(2,17)10-6-18-12(16-10)9-5-8-11(19-9)7(14)3-4-15-8/h3-5,10,17H,6H2,1-2H3. The summed E-state index contributed by atoms with van der Waals surface area (Å²) in [5, 5.41) is 10.6. The van der Waals surface area contributed by atoms with Crippen molar-refractivity contribution in [2.75, 3.05) is 6.61 Å². The third-order valence-corrected chi connectivity index (χ3v) is 4.61. The molecule has 0 saturated carbocycles. The maximum absolute atomic E-state index is 9.95. The zero-order chi connectivity index (χ0) is 13.6. The van der Waals surface area contributed by atoms with E-state index in [1.165, 1.54) is 11.3 Å². The quantitative estimate of drug-likeness (QED) is 0.927. The lowest BCUT2D eigenvalue weighted by molar-refractivity contribution is 0.0436. The molecule has 3 rings (SSSR count). The highest BCUT2D eigenvalue weighted by Crippen LogP contribution is 2.32. The van der Waals surface area contributed by atoms with Gasteiger partial charge in [-0.3, -0.25) is 4.98 Å². The van der Waals surface area contributed by atoms with Crippen molar-refractivity contribution in [2.24, 2.45) is 4.99 Å². The van der Waals surface area contributed by atoms with Crippen LogP contribution in [0.25, 0.3) is 10.2 Å². The first-order chi connectivity index (χ1) is 8.95. The Morgan fingerprint density at radius 3 is 2.95 bits per heavy atom. The normalized spacial score (nSPS) is 19.6. The third kappa shape index (κ3) is 2.33. The molecule has 0 aliphatic carbocycles. The molecule has 1 atom stereocenters. The van der Waals surface area contributed by atoms with Gasteiger partial charge < -0.3 is 9.84 Å². The maximum Gasteiger partial charge on any atom is 0.227 e. The molecule has 6 heteroatoms. The fraction of sp³-hybridized carbons (Fsp3) is 0.385. The predicted octanol–water partition coefficient (Wildman–Crippen LogP) is 2.87. The third-order valence-electron chi connectivity index (χ3n) is 3.04. The van der Waals surface area contributed by atoms with Gasteiger partial charge in [-0.05, 0) is 26.0 Å². The largest absolute Gasteiger partial charge is 0.474 e. The van der Waals surface area contributed by atoms with Crippen LogP contribution in [0.1, 0.15) is 18.7 Å². The molecule has 0 fully saturated rings. The van der Waals surface area contributed by atoms with Crippen LogP contribution in [0.5, 0.6) is 0 Å². The van der Waals surface area contributed by atoms with Crippen molar-refractivity contribution in [2.45, 2.75) is 25.5 Å². The number of pyridine rings is 1. The Balaban J connectivity index is 2.00. The average molecular weight is 297 g/mol. The molecule has 1 N–H and O–H groups in total. The zero-order valence-electron chi connectivity index (χ0n) is 10.6. The van der Waals surface area contributed by atoms with Gasteiger partial charge in [0.05, 0.1) is 25.7 Å². The fourth-order valence-electron chi connectivity index (χ4n) is 1.88. The van der Waals surface area contributed by atoms with Gasteiger partial charge in [-0.2, -0.15) is 0 Å². The highest BCUT2D eigenvalue weighted by molar-refractivity contribution is 7.21. The van der Waals surface area contributed by atoms with Crippen molar-refractivity contribution in [3.63, 3.8) is 0 Å². The van der Waals surface area contributed by atoms with Crippen LogP contribution in [0.3, 0.4) is 0 Å². The Morgan fingerprint density at radius 1 is 1.53 bits per heavy atom. The molecular formula is C13H13ClN2O2S. The summed E-state index contributed by atoms with van der Waals surface area (Å²) < 4.78 is 6.51. The van der Waals surface area contributed by atoms with E-state index in [4.69, 9.17) is 16.3 Å².